The predicted molar refractivity (Wildman–Crippen MR) is 103 cm³/mol. The fraction of sp³-hybridized carbons (Fsp3) is 0.474. The van der Waals surface area contributed by atoms with Crippen molar-refractivity contribution in [1.29, 1.82) is 0 Å². The molecule has 1 fully saturated rings. The number of amides is 1. The van der Waals surface area contributed by atoms with Crippen molar-refractivity contribution in [3.8, 4) is 5.69 Å². The zero-order valence-corrected chi connectivity index (χ0v) is 16.4. The van der Waals surface area contributed by atoms with Gasteiger partial charge in [0.25, 0.3) is 5.91 Å². The second-order valence-electron chi connectivity index (χ2n) is 6.82. The van der Waals surface area contributed by atoms with Crippen LogP contribution in [-0.4, -0.2) is 47.3 Å². The highest BCUT2D eigenvalue weighted by Crippen LogP contribution is 2.28. The Bertz CT molecular complexity index is 785. The Morgan fingerprint density at radius 3 is 2.57 bits per heavy atom. The van der Waals surface area contributed by atoms with Crippen molar-refractivity contribution in [2.24, 2.45) is 5.92 Å². The first-order chi connectivity index (χ1) is 12.9. The van der Waals surface area contributed by atoms with E-state index < -0.39 is 11.9 Å². The summed E-state index contributed by atoms with van der Waals surface area (Å²) in [6.45, 7) is 2.39. The third-order valence-corrected chi connectivity index (χ3v) is 4.94. The van der Waals surface area contributed by atoms with E-state index in [0.717, 1.165) is 36.6 Å². The van der Waals surface area contributed by atoms with Crippen LogP contribution in [0.1, 0.15) is 35.3 Å². The summed E-state index contributed by atoms with van der Waals surface area (Å²) < 4.78 is 39.4. The van der Waals surface area contributed by atoms with E-state index in [4.69, 9.17) is 0 Å². The summed E-state index contributed by atoms with van der Waals surface area (Å²) in [5.74, 6) is 0.532. The van der Waals surface area contributed by atoms with E-state index in [1.165, 1.54) is 6.20 Å². The van der Waals surface area contributed by atoms with Crippen LogP contribution in [0.5, 0.6) is 0 Å². The van der Waals surface area contributed by atoms with Gasteiger partial charge in [-0.25, -0.2) is 4.68 Å². The highest BCUT2D eigenvalue weighted by Gasteiger charge is 2.33. The third-order valence-electron chi connectivity index (χ3n) is 4.94. The number of alkyl halides is 3. The molecule has 154 valence electrons. The molecular formula is C19H24ClF3N4O. The van der Waals surface area contributed by atoms with Crippen LogP contribution < -0.4 is 5.32 Å². The van der Waals surface area contributed by atoms with Crippen LogP contribution in [0.4, 0.5) is 13.2 Å². The van der Waals surface area contributed by atoms with E-state index in [1.807, 2.05) is 11.9 Å². The molecule has 0 saturated carbocycles. The van der Waals surface area contributed by atoms with Crippen molar-refractivity contribution in [3.05, 3.63) is 47.8 Å². The Hall–Kier alpha value is -2.06. The van der Waals surface area contributed by atoms with Gasteiger partial charge in [-0.2, -0.15) is 18.3 Å². The summed E-state index contributed by atoms with van der Waals surface area (Å²) in [6.07, 6.45) is -0.187. The van der Waals surface area contributed by atoms with E-state index in [1.54, 1.807) is 24.3 Å². The van der Waals surface area contributed by atoms with Crippen LogP contribution in [-0.2, 0) is 6.18 Å². The monoisotopic (exact) mass is 416 g/mol. The topological polar surface area (TPSA) is 50.2 Å². The molecule has 1 amide bonds. The van der Waals surface area contributed by atoms with E-state index in [2.05, 4.69) is 10.4 Å². The van der Waals surface area contributed by atoms with Crippen LogP contribution in [0.2, 0.25) is 0 Å². The number of halogens is 4. The predicted octanol–water partition coefficient (Wildman–Crippen LogP) is 3.77. The normalized spacial score (nSPS) is 15.4. The molecule has 1 aromatic carbocycles. The number of piperidine rings is 1. The zero-order valence-electron chi connectivity index (χ0n) is 15.6. The number of hydrogen-bond acceptors (Lipinski definition) is 3. The minimum absolute atomic E-state index is 0. The second kappa shape index (κ2) is 9.43. The Morgan fingerprint density at radius 1 is 1.25 bits per heavy atom. The van der Waals surface area contributed by atoms with Gasteiger partial charge in [0.1, 0.15) is 0 Å². The van der Waals surface area contributed by atoms with Gasteiger partial charge in [-0.1, -0.05) is 6.07 Å². The molecule has 1 aromatic heterocycles. The van der Waals surface area contributed by atoms with E-state index in [9.17, 15) is 18.0 Å². The van der Waals surface area contributed by atoms with Crippen LogP contribution in [0.15, 0.2) is 36.5 Å². The molecule has 1 aliphatic rings. The molecule has 5 nitrogen and oxygen atoms in total. The van der Waals surface area contributed by atoms with Crippen LogP contribution >= 0.6 is 12.4 Å². The molecule has 9 heteroatoms. The lowest BCUT2D eigenvalue weighted by atomic mass is 9.93. The molecule has 0 unspecified atom stereocenters. The molecule has 3 rings (SSSR count). The molecular weight excluding hydrogens is 393 g/mol. The number of likely N-dealkylation sites (tertiary alicyclic amines) is 1. The fourth-order valence-electron chi connectivity index (χ4n) is 3.36. The molecule has 2 heterocycles. The summed E-state index contributed by atoms with van der Waals surface area (Å²) in [7, 11) is 1.93. The zero-order chi connectivity index (χ0) is 19.4. The average Bonchev–Trinajstić information content (AvgIpc) is 3.17. The first-order valence-corrected chi connectivity index (χ1v) is 9.05. The van der Waals surface area contributed by atoms with Crippen molar-refractivity contribution in [2.75, 3.05) is 26.7 Å². The third kappa shape index (κ3) is 5.26. The lowest BCUT2D eigenvalue weighted by Gasteiger charge is -2.32. The smallest absolute Gasteiger partial charge is 0.339 e. The fourth-order valence-corrected chi connectivity index (χ4v) is 3.36. The highest BCUT2D eigenvalue weighted by molar-refractivity contribution is 5.94. The average molecular weight is 417 g/mol. The standard InChI is InChI=1S/C19H23F3N4O.ClH/c1-23-9-5-14-6-10-25(11-7-14)18(27)15-3-2-4-16(13-15)26-12-8-17(24-26)19(20,21)22;/h2-4,8,12-14,23H,5-7,9-11H2,1H3;1H. The van der Waals surface area contributed by atoms with Gasteiger partial charge in [0.05, 0.1) is 5.69 Å². The molecule has 0 spiro atoms. The number of carbonyl (C=O) groups is 1. The molecule has 1 N–H and O–H groups in total. The molecule has 28 heavy (non-hydrogen) atoms. The number of rotatable bonds is 5. The summed E-state index contributed by atoms with van der Waals surface area (Å²) in [6, 6.07) is 7.49. The van der Waals surface area contributed by atoms with E-state index >= 15 is 0 Å². The van der Waals surface area contributed by atoms with Gasteiger partial charge in [-0.05, 0) is 63.0 Å². The van der Waals surface area contributed by atoms with Gasteiger partial charge in [-0.3, -0.25) is 4.79 Å². The number of aromatic nitrogens is 2. The first kappa shape index (κ1) is 22.2. The summed E-state index contributed by atoms with van der Waals surface area (Å²) in [4.78, 5) is 14.6. The molecule has 1 aliphatic heterocycles. The molecule has 0 atom stereocenters. The summed E-state index contributed by atoms with van der Waals surface area (Å²) in [5, 5.41) is 6.71. The lowest BCUT2D eigenvalue weighted by Crippen LogP contribution is -2.39. The Kier molecular flexibility index (Phi) is 7.48. The Balaban J connectivity index is 0.00000280. The Morgan fingerprint density at radius 2 is 1.96 bits per heavy atom. The number of benzene rings is 1. The van der Waals surface area contributed by atoms with Gasteiger partial charge in [-0.15, -0.1) is 12.4 Å². The van der Waals surface area contributed by atoms with Gasteiger partial charge >= 0.3 is 6.18 Å². The minimum Gasteiger partial charge on any atom is -0.339 e. The van der Waals surface area contributed by atoms with E-state index in [0.29, 0.717) is 30.3 Å². The number of carbonyl (C=O) groups excluding carboxylic acids is 1. The Labute approximate surface area is 168 Å². The maximum atomic E-state index is 12.8. The quantitative estimate of drug-likeness (QED) is 0.807. The molecule has 1 saturated heterocycles. The van der Waals surface area contributed by atoms with Gasteiger partial charge < -0.3 is 10.2 Å². The van der Waals surface area contributed by atoms with Crippen LogP contribution in [0.3, 0.4) is 0 Å². The molecule has 0 aliphatic carbocycles. The summed E-state index contributed by atoms with van der Waals surface area (Å²) >= 11 is 0. The number of nitrogens with zero attached hydrogens (tertiary/aromatic N) is 3. The number of hydrogen-bond donors (Lipinski definition) is 1. The van der Waals surface area contributed by atoms with Crippen molar-refractivity contribution in [2.45, 2.75) is 25.4 Å². The van der Waals surface area contributed by atoms with Gasteiger partial charge in [0, 0.05) is 24.8 Å². The van der Waals surface area contributed by atoms with Crippen molar-refractivity contribution < 1.29 is 18.0 Å². The maximum Gasteiger partial charge on any atom is 0.435 e. The molecule has 0 bridgehead atoms. The second-order valence-corrected chi connectivity index (χ2v) is 6.82. The minimum atomic E-state index is -4.49. The molecule has 2 aromatic rings. The van der Waals surface area contributed by atoms with Crippen LogP contribution in [0.25, 0.3) is 5.69 Å². The SMILES string of the molecule is CNCCC1CCN(C(=O)c2cccc(-n3ccc(C(F)(F)F)n3)c2)CC1.Cl. The largest absolute Gasteiger partial charge is 0.435 e. The maximum absolute atomic E-state index is 12.8. The van der Waals surface area contributed by atoms with Crippen molar-refractivity contribution >= 4 is 18.3 Å². The first-order valence-electron chi connectivity index (χ1n) is 9.05. The van der Waals surface area contributed by atoms with Crippen molar-refractivity contribution in [3.63, 3.8) is 0 Å². The lowest BCUT2D eigenvalue weighted by molar-refractivity contribution is -0.141. The number of nitrogens with one attached hydrogen (secondary N) is 1. The summed E-state index contributed by atoms with van der Waals surface area (Å²) in [5.41, 5.74) is -0.0617. The molecule has 0 radical (unpaired) electrons. The highest BCUT2D eigenvalue weighted by atomic mass is 35.5. The van der Waals surface area contributed by atoms with Gasteiger partial charge in [0.2, 0.25) is 0 Å². The van der Waals surface area contributed by atoms with Crippen molar-refractivity contribution in [1.82, 2.24) is 20.0 Å². The van der Waals surface area contributed by atoms with Crippen LogP contribution in [0, 0.1) is 5.92 Å². The van der Waals surface area contributed by atoms with E-state index in [-0.39, 0.29) is 18.3 Å². The van der Waals surface area contributed by atoms with Gasteiger partial charge in [0.15, 0.2) is 5.69 Å².